The van der Waals surface area contributed by atoms with Crippen molar-refractivity contribution in [1.82, 2.24) is 0 Å². The van der Waals surface area contributed by atoms with Crippen LogP contribution in [0.4, 0.5) is 0 Å². The van der Waals surface area contributed by atoms with Gasteiger partial charge in [0.2, 0.25) is 0 Å². The van der Waals surface area contributed by atoms with E-state index in [1.54, 1.807) is 7.11 Å². The van der Waals surface area contributed by atoms with Crippen LogP contribution in [0.5, 0.6) is 5.75 Å². The second-order valence-corrected chi connectivity index (χ2v) is 4.00. The van der Waals surface area contributed by atoms with Crippen molar-refractivity contribution in [2.45, 2.75) is 12.8 Å². The summed E-state index contributed by atoms with van der Waals surface area (Å²) in [6, 6.07) is 7.40. The minimum absolute atomic E-state index is 0.256. The smallest absolute Gasteiger partial charge is 0.322 e. The normalized spacial score (nSPS) is 18.6. The van der Waals surface area contributed by atoms with Gasteiger partial charge in [-0.15, -0.1) is 0 Å². The van der Waals surface area contributed by atoms with Gasteiger partial charge < -0.3 is 9.47 Å². The van der Waals surface area contributed by atoms with Crippen molar-refractivity contribution in [2.75, 3.05) is 7.11 Å². The van der Waals surface area contributed by atoms with Crippen LogP contribution >= 0.6 is 0 Å². The molecule has 0 fully saturated rings. The standard InChI is InChI=1S/C14H14O3/c1-9(2)12-8-17-14(15)13(12)10-4-6-11(16-3)7-5-10/h4-8,13H,1H2,2-3H3. The molecule has 0 spiro atoms. The Morgan fingerprint density at radius 1 is 1.35 bits per heavy atom. The van der Waals surface area contributed by atoms with Crippen molar-refractivity contribution in [3.05, 3.63) is 53.8 Å². The van der Waals surface area contributed by atoms with Crippen LogP contribution in [0.25, 0.3) is 0 Å². The zero-order valence-electron chi connectivity index (χ0n) is 9.90. The zero-order chi connectivity index (χ0) is 12.4. The van der Waals surface area contributed by atoms with Crippen molar-refractivity contribution in [3.63, 3.8) is 0 Å². The molecule has 1 aliphatic heterocycles. The fourth-order valence-electron chi connectivity index (χ4n) is 1.84. The number of methoxy groups -OCH3 is 1. The number of allylic oxidation sites excluding steroid dienone is 1. The maximum absolute atomic E-state index is 11.7. The largest absolute Gasteiger partial charge is 0.497 e. The van der Waals surface area contributed by atoms with Crippen molar-refractivity contribution in [1.29, 1.82) is 0 Å². The van der Waals surface area contributed by atoms with E-state index >= 15 is 0 Å². The van der Waals surface area contributed by atoms with Crippen molar-refractivity contribution in [2.24, 2.45) is 0 Å². The molecule has 1 aromatic carbocycles. The van der Waals surface area contributed by atoms with Crippen LogP contribution in [-0.4, -0.2) is 13.1 Å². The highest BCUT2D eigenvalue weighted by molar-refractivity contribution is 5.86. The number of hydrogen-bond donors (Lipinski definition) is 0. The molecule has 3 heteroatoms. The molecule has 1 aliphatic rings. The van der Waals surface area contributed by atoms with Gasteiger partial charge in [-0.1, -0.05) is 24.3 Å². The van der Waals surface area contributed by atoms with Crippen LogP contribution in [0.2, 0.25) is 0 Å². The average Bonchev–Trinajstić information content (AvgIpc) is 2.71. The maximum atomic E-state index is 11.7. The molecule has 1 aromatic rings. The molecule has 17 heavy (non-hydrogen) atoms. The van der Waals surface area contributed by atoms with Crippen molar-refractivity contribution < 1.29 is 14.3 Å². The lowest BCUT2D eigenvalue weighted by atomic mass is 9.90. The molecule has 0 N–H and O–H groups in total. The van der Waals surface area contributed by atoms with Crippen LogP contribution in [0, 0.1) is 0 Å². The Balaban J connectivity index is 2.34. The first kappa shape index (κ1) is 11.5. The first-order chi connectivity index (χ1) is 8.13. The van der Waals surface area contributed by atoms with Gasteiger partial charge in [-0.2, -0.15) is 0 Å². The number of cyclic esters (lactones) is 1. The Morgan fingerprint density at radius 3 is 2.53 bits per heavy atom. The number of carbonyl (C=O) groups is 1. The predicted molar refractivity (Wildman–Crippen MR) is 64.7 cm³/mol. The summed E-state index contributed by atoms with van der Waals surface area (Å²) in [4.78, 5) is 11.7. The van der Waals surface area contributed by atoms with E-state index in [0.717, 1.165) is 22.5 Å². The number of benzene rings is 1. The molecule has 0 aromatic heterocycles. The molecule has 88 valence electrons. The van der Waals surface area contributed by atoms with E-state index in [1.807, 2.05) is 31.2 Å². The Hall–Kier alpha value is -2.03. The van der Waals surface area contributed by atoms with Crippen LogP contribution in [-0.2, 0) is 9.53 Å². The lowest BCUT2D eigenvalue weighted by Gasteiger charge is -2.11. The fourth-order valence-corrected chi connectivity index (χ4v) is 1.84. The van der Waals surface area contributed by atoms with E-state index in [4.69, 9.17) is 9.47 Å². The van der Waals surface area contributed by atoms with Crippen molar-refractivity contribution in [3.8, 4) is 5.75 Å². The highest BCUT2D eigenvalue weighted by atomic mass is 16.5. The van der Waals surface area contributed by atoms with Crippen LogP contribution in [0.15, 0.2) is 48.3 Å². The molecule has 0 radical (unpaired) electrons. The monoisotopic (exact) mass is 230 g/mol. The molecule has 1 atom stereocenters. The van der Waals surface area contributed by atoms with Gasteiger partial charge in [-0.25, -0.2) is 0 Å². The third kappa shape index (κ3) is 2.09. The van der Waals surface area contributed by atoms with E-state index in [1.165, 1.54) is 6.26 Å². The Morgan fingerprint density at radius 2 is 2.00 bits per heavy atom. The molecule has 2 rings (SSSR count). The summed E-state index contributed by atoms with van der Waals surface area (Å²) in [7, 11) is 1.61. The van der Waals surface area contributed by atoms with E-state index in [0.29, 0.717) is 0 Å². The summed E-state index contributed by atoms with van der Waals surface area (Å²) < 4.78 is 10.0. The fraction of sp³-hybridized carbons (Fsp3) is 0.214. The Labute approximate surface area is 100 Å². The second-order valence-electron chi connectivity index (χ2n) is 4.00. The number of esters is 1. The van der Waals surface area contributed by atoms with E-state index in [-0.39, 0.29) is 11.9 Å². The lowest BCUT2D eigenvalue weighted by Crippen LogP contribution is -2.10. The highest BCUT2D eigenvalue weighted by Crippen LogP contribution is 2.35. The molecule has 0 saturated heterocycles. The van der Waals surface area contributed by atoms with Gasteiger partial charge in [-0.3, -0.25) is 4.79 Å². The molecular formula is C14H14O3. The first-order valence-corrected chi connectivity index (χ1v) is 5.34. The van der Waals surface area contributed by atoms with Gasteiger partial charge in [0.05, 0.1) is 13.4 Å². The summed E-state index contributed by atoms with van der Waals surface area (Å²) in [6.45, 7) is 5.72. The molecule has 0 aliphatic carbocycles. The molecule has 0 saturated carbocycles. The topological polar surface area (TPSA) is 35.5 Å². The third-order valence-electron chi connectivity index (χ3n) is 2.79. The van der Waals surface area contributed by atoms with Crippen molar-refractivity contribution >= 4 is 5.97 Å². The van der Waals surface area contributed by atoms with Crippen LogP contribution in [0.1, 0.15) is 18.4 Å². The quantitative estimate of drug-likeness (QED) is 0.749. The van der Waals surface area contributed by atoms with Crippen LogP contribution < -0.4 is 4.74 Å². The molecule has 3 nitrogen and oxygen atoms in total. The molecular weight excluding hydrogens is 216 g/mol. The minimum atomic E-state index is -0.363. The van der Waals surface area contributed by atoms with Gasteiger partial charge in [0.25, 0.3) is 0 Å². The summed E-state index contributed by atoms with van der Waals surface area (Å²) >= 11 is 0. The van der Waals surface area contributed by atoms with Gasteiger partial charge in [0.1, 0.15) is 11.7 Å². The predicted octanol–water partition coefficient (Wildman–Crippen LogP) is 2.80. The number of carbonyl (C=O) groups excluding carboxylic acids is 1. The van der Waals surface area contributed by atoms with Gasteiger partial charge in [0.15, 0.2) is 0 Å². The molecule has 0 amide bonds. The first-order valence-electron chi connectivity index (χ1n) is 5.34. The van der Waals surface area contributed by atoms with E-state index in [2.05, 4.69) is 6.58 Å². The molecule has 1 unspecified atom stereocenters. The van der Waals surface area contributed by atoms with E-state index < -0.39 is 0 Å². The molecule has 1 heterocycles. The zero-order valence-corrected chi connectivity index (χ0v) is 9.90. The average molecular weight is 230 g/mol. The number of rotatable bonds is 3. The summed E-state index contributed by atoms with van der Waals surface area (Å²) in [5.74, 6) is 0.146. The number of ether oxygens (including phenoxy) is 2. The molecule has 0 bridgehead atoms. The summed E-state index contributed by atoms with van der Waals surface area (Å²) in [5, 5.41) is 0. The SMILES string of the molecule is C=C(C)C1=COC(=O)C1c1ccc(OC)cc1. The maximum Gasteiger partial charge on any atom is 0.322 e. The van der Waals surface area contributed by atoms with Gasteiger partial charge >= 0.3 is 5.97 Å². The van der Waals surface area contributed by atoms with Gasteiger partial charge in [0, 0.05) is 5.57 Å². The van der Waals surface area contributed by atoms with E-state index in [9.17, 15) is 4.79 Å². The van der Waals surface area contributed by atoms with Crippen LogP contribution in [0.3, 0.4) is 0 Å². The third-order valence-corrected chi connectivity index (χ3v) is 2.79. The lowest BCUT2D eigenvalue weighted by molar-refractivity contribution is -0.136. The number of hydrogen-bond acceptors (Lipinski definition) is 3. The highest BCUT2D eigenvalue weighted by Gasteiger charge is 2.31. The summed E-state index contributed by atoms with van der Waals surface area (Å²) in [5.41, 5.74) is 2.57. The summed E-state index contributed by atoms with van der Waals surface area (Å²) in [6.07, 6.45) is 1.49. The second kappa shape index (κ2) is 4.45. The van der Waals surface area contributed by atoms with Gasteiger partial charge in [-0.05, 0) is 24.6 Å². The Bertz CT molecular complexity index is 483. The minimum Gasteiger partial charge on any atom is -0.497 e. The Kier molecular flexibility index (Phi) is 3.00.